The van der Waals surface area contributed by atoms with Gasteiger partial charge in [-0.25, -0.2) is 23.3 Å². The van der Waals surface area contributed by atoms with Crippen molar-refractivity contribution in [2.24, 2.45) is 0 Å². The van der Waals surface area contributed by atoms with Crippen molar-refractivity contribution in [2.75, 3.05) is 0 Å². The molecule has 4 heteroatoms. The summed E-state index contributed by atoms with van der Waals surface area (Å²) in [5, 5.41) is 0. The van der Waals surface area contributed by atoms with Crippen molar-refractivity contribution >= 4 is 6.19 Å². The van der Waals surface area contributed by atoms with Gasteiger partial charge in [0.25, 0.3) is 0 Å². The van der Waals surface area contributed by atoms with Gasteiger partial charge in [-0.05, 0) is 0 Å². The number of hydrogen-bond acceptors (Lipinski definition) is 0. The third kappa shape index (κ3) is 13.5. The molecule has 0 aliphatic heterocycles. The second kappa shape index (κ2) is 14.4. The molecule has 2 aliphatic carbocycles. The van der Waals surface area contributed by atoms with Gasteiger partial charge >= 0.3 is 38.5 Å². The molecule has 0 saturated carbocycles. The monoisotopic (exact) mass is 362 g/mol. The molecular weight excluding hydrogens is 339 g/mol. The molecular formula is C16H24Cl2SiTi-2. The summed E-state index contributed by atoms with van der Waals surface area (Å²) in [5.41, 5.74) is 5.69. The summed E-state index contributed by atoms with van der Waals surface area (Å²) in [4.78, 5) is 0. The summed E-state index contributed by atoms with van der Waals surface area (Å²) < 4.78 is 0. The van der Waals surface area contributed by atoms with E-state index in [9.17, 15) is 0 Å². The molecule has 0 amide bonds. The Labute approximate surface area is 149 Å². The van der Waals surface area contributed by atoms with Crippen LogP contribution < -0.4 is 24.8 Å². The Morgan fingerprint density at radius 2 is 1.10 bits per heavy atom. The maximum absolute atomic E-state index is 3.12. The van der Waals surface area contributed by atoms with Gasteiger partial charge in [-0.15, -0.1) is 26.7 Å². The molecule has 0 radical (unpaired) electrons. The van der Waals surface area contributed by atoms with E-state index in [4.69, 9.17) is 0 Å². The molecule has 20 heavy (non-hydrogen) atoms. The average Bonchev–Trinajstić information content (AvgIpc) is 2.79. The van der Waals surface area contributed by atoms with Gasteiger partial charge in [-0.3, -0.25) is 12.2 Å². The van der Waals surface area contributed by atoms with Crippen molar-refractivity contribution in [3.05, 3.63) is 46.6 Å². The first-order valence-corrected chi connectivity index (χ1v) is 11.2. The number of rotatable bonds is 0. The zero-order valence-corrected chi connectivity index (χ0v) is 17.4. The number of hydrogen-bond donors (Lipinski definition) is 0. The number of halogens is 2. The van der Waals surface area contributed by atoms with Gasteiger partial charge in [0.1, 0.15) is 0 Å². The van der Waals surface area contributed by atoms with Gasteiger partial charge in [0.15, 0.2) is 0 Å². The van der Waals surface area contributed by atoms with Crippen LogP contribution in [-0.4, -0.2) is 6.19 Å². The molecule has 0 fully saturated rings. The van der Waals surface area contributed by atoms with E-state index in [1.807, 2.05) is 0 Å². The summed E-state index contributed by atoms with van der Waals surface area (Å²) in [6.45, 7) is 13.1. The van der Waals surface area contributed by atoms with E-state index in [1.165, 1.54) is 22.3 Å². The normalized spacial score (nSPS) is 14.8. The van der Waals surface area contributed by atoms with Gasteiger partial charge in [0.05, 0.1) is 0 Å². The summed E-state index contributed by atoms with van der Waals surface area (Å²) in [6, 6.07) is 0. The second-order valence-corrected chi connectivity index (χ2v) is 11.7. The molecule has 0 aromatic carbocycles. The molecule has 2 rings (SSSR count). The molecule has 0 nitrogen and oxygen atoms in total. The van der Waals surface area contributed by atoms with Gasteiger partial charge in [0, 0.05) is 0 Å². The summed E-state index contributed by atoms with van der Waals surface area (Å²) in [5.74, 6) is 0. The molecule has 0 N–H and O–H groups in total. The first-order chi connectivity index (χ1) is 8.34. The van der Waals surface area contributed by atoms with Crippen molar-refractivity contribution in [1.29, 1.82) is 0 Å². The maximum Gasteiger partial charge on any atom is -1.00 e. The fourth-order valence-electron chi connectivity index (χ4n) is 1.24. The third-order valence-electron chi connectivity index (χ3n) is 2.72. The van der Waals surface area contributed by atoms with E-state index in [2.05, 4.69) is 84.3 Å². The molecule has 0 saturated heterocycles. The molecule has 112 valence electrons. The second-order valence-electron chi connectivity index (χ2n) is 4.98. The molecule has 0 atom stereocenters. The van der Waals surface area contributed by atoms with Crippen molar-refractivity contribution < 1.29 is 44.0 Å². The Morgan fingerprint density at radius 1 is 0.850 bits per heavy atom. The Kier molecular flexibility index (Phi) is 18.3. The van der Waals surface area contributed by atoms with Crippen LogP contribution in [0.5, 0.6) is 0 Å². The van der Waals surface area contributed by atoms with Crippen LogP contribution in [0.4, 0.5) is 0 Å². The molecule has 0 spiro atoms. The zero-order valence-electron chi connectivity index (χ0n) is 13.3. The minimum Gasteiger partial charge on any atom is -1.00 e. The topological polar surface area (TPSA) is 0 Å². The van der Waals surface area contributed by atoms with Gasteiger partial charge in [-0.2, -0.15) is 11.1 Å². The molecule has 2 aliphatic rings. The van der Waals surface area contributed by atoms with Crippen molar-refractivity contribution in [2.45, 2.75) is 53.6 Å². The first-order valence-electron chi connectivity index (χ1n) is 6.32. The van der Waals surface area contributed by atoms with E-state index in [1.54, 1.807) is 0 Å². The fraction of sp³-hybridized carbons (Fsp3) is 0.500. The fourth-order valence-corrected chi connectivity index (χ4v) is 1.24. The third-order valence-corrected chi connectivity index (χ3v) is 2.72. The summed E-state index contributed by atoms with van der Waals surface area (Å²) >= 11 is 2.27. The van der Waals surface area contributed by atoms with E-state index >= 15 is 0 Å². The standard InChI is InChI=1S/2C7H9.C2H6Si.2ClH.Ti/c2*1-6-4-3-5-7(6)2;1-3-2;;;/h2*4H,5H2,1-2H3;1-2H3;2*1H;/q2*-1;;;;+2/p-2. The smallest absolute Gasteiger partial charge is 1.00 e. The molecule has 0 unspecified atom stereocenters. The van der Waals surface area contributed by atoms with Crippen LogP contribution in [0, 0.1) is 12.2 Å². The van der Waals surface area contributed by atoms with E-state index < -0.39 is 0 Å². The quantitative estimate of drug-likeness (QED) is 0.381. The molecule has 0 bridgehead atoms. The Hall–Kier alpha value is 0.471. The predicted molar refractivity (Wildman–Crippen MR) is 79.1 cm³/mol. The van der Waals surface area contributed by atoms with Gasteiger partial charge in [0.2, 0.25) is 0 Å². The van der Waals surface area contributed by atoms with Crippen LogP contribution in [0.2, 0.25) is 13.1 Å². The zero-order chi connectivity index (χ0) is 14.1. The van der Waals surface area contributed by atoms with Crippen LogP contribution >= 0.6 is 0 Å². The van der Waals surface area contributed by atoms with Crippen molar-refractivity contribution in [1.82, 2.24) is 0 Å². The maximum atomic E-state index is 3.12. The minimum absolute atomic E-state index is 0. The van der Waals surface area contributed by atoms with Crippen molar-refractivity contribution in [3.63, 3.8) is 0 Å². The Bertz CT molecular complexity index is 380. The van der Waals surface area contributed by atoms with Crippen LogP contribution in [0.3, 0.4) is 0 Å². The van der Waals surface area contributed by atoms with Crippen LogP contribution in [0.25, 0.3) is 0 Å². The van der Waals surface area contributed by atoms with Gasteiger partial charge < -0.3 is 24.8 Å². The molecule has 0 aromatic rings. The Morgan fingerprint density at radius 3 is 1.15 bits per heavy atom. The van der Waals surface area contributed by atoms with Crippen LogP contribution in [0.15, 0.2) is 34.4 Å². The SMILES string of the molecule is CC1=C(C)C[C-]=C1.CC1=C(C)C[C-]=C1.C[Si](C)=[Ti+2].[Cl-].[Cl-]. The van der Waals surface area contributed by atoms with Crippen LogP contribution in [-0.2, 0) is 19.2 Å². The van der Waals surface area contributed by atoms with E-state index in [0.717, 1.165) is 12.8 Å². The minimum atomic E-state index is 0. The van der Waals surface area contributed by atoms with E-state index in [-0.39, 0.29) is 31.0 Å². The van der Waals surface area contributed by atoms with Crippen molar-refractivity contribution in [3.8, 4) is 0 Å². The molecule has 0 heterocycles. The first kappa shape index (κ1) is 25.4. The van der Waals surface area contributed by atoms with Crippen LogP contribution in [0.1, 0.15) is 40.5 Å². The Balaban J connectivity index is -0.000000215. The number of allylic oxidation sites excluding steroid dienone is 8. The van der Waals surface area contributed by atoms with Gasteiger partial charge in [-0.1, -0.05) is 13.8 Å². The largest absolute Gasteiger partial charge is 1.00 e. The summed E-state index contributed by atoms with van der Waals surface area (Å²) in [7, 11) is 0. The average molecular weight is 363 g/mol. The predicted octanol–water partition coefficient (Wildman–Crippen LogP) is -1.04. The summed E-state index contributed by atoms with van der Waals surface area (Å²) in [6.07, 6.45) is 12.6. The van der Waals surface area contributed by atoms with E-state index in [0.29, 0.717) is 0 Å². The molecule has 0 aromatic heterocycles.